The van der Waals surface area contributed by atoms with Gasteiger partial charge in [-0.1, -0.05) is 29.8 Å². The third-order valence-electron chi connectivity index (χ3n) is 3.29. The van der Waals surface area contributed by atoms with Crippen LogP contribution in [0.1, 0.15) is 11.1 Å². The number of carbonyl (C=O) groups is 1. The third kappa shape index (κ3) is 4.63. The summed E-state index contributed by atoms with van der Waals surface area (Å²) in [7, 11) is 1.61. The first-order valence-corrected chi connectivity index (χ1v) is 7.36. The molecule has 0 heterocycles. The second kappa shape index (κ2) is 7.70. The second-order valence-corrected chi connectivity index (χ2v) is 5.53. The van der Waals surface area contributed by atoms with Gasteiger partial charge < -0.3 is 4.90 Å². The number of likely N-dealkylation sites (N-methyl/N-ethyl adjacent to an activating group) is 1. The fourth-order valence-corrected chi connectivity index (χ4v) is 2.20. The van der Waals surface area contributed by atoms with Crippen molar-refractivity contribution in [1.29, 1.82) is 0 Å². The smallest absolute Gasteiger partial charge is 0.288 e. The first-order chi connectivity index (χ1) is 11.4. The van der Waals surface area contributed by atoms with Crippen LogP contribution in [0.25, 0.3) is 6.08 Å². The average Bonchev–Trinajstić information content (AvgIpc) is 2.55. The molecule has 2 aromatic carbocycles. The zero-order chi connectivity index (χ0) is 17.7. The molecule has 5 nitrogen and oxygen atoms in total. The zero-order valence-corrected chi connectivity index (χ0v) is 13.5. The molecule has 0 aromatic heterocycles. The van der Waals surface area contributed by atoms with Gasteiger partial charge in [-0.15, -0.1) is 0 Å². The summed E-state index contributed by atoms with van der Waals surface area (Å²) in [5, 5.41) is 10.9. The minimum absolute atomic E-state index is 0.0388. The van der Waals surface area contributed by atoms with E-state index in [1.807, 2.05) is 0 Å². The van der Waals surface area contributed by atoms with E-state index in [0.717, 1.165) is 5.56 Å². The fraction of sp³-hybridized carbons (Fsp3) is 0.118. The van der Waals surface area contributed by atoms with Crippen LogP contribution in [0, 0.1) is 15.9 Å². The van der Waals surface area contributed by atoms with Crippen molar-refractivity contribution >= 4 is 29.3 Å². The Labute approximate surface area is 143 Å². The number of halogens is 2. The molecule has 0 spiro atoms. The van der Waals surface area contributed by atoms with Crippen LogP contribution in [-0.2, 0) is 11.3 Å². The molecule has 1 amide bonds. The molecule has 0 saturated heterocycles. The van der Waals surface area contributed by atoms with Gasteiger partial charge in [0.2, 0.25) is 5.91 Å². The molecule has 7 heteroatoms. The van der Waals surface area contributed by atoms with Crippen molar-refractivity contribution in [3.63, 3.8) is 0 Å². The van der Waals surface area contributed by atoms with Gasteiger partial charge in [-0.25, -0.2) is 4.39 Å². The lowest BCUT2D eigenvalue weighted by molar-refractivity contribution is -0.384. The maximum atomic E-state index is 12.9. The summed E-state index contributed by atoms with van der Waals surface area (Å²) in [6.07, 6.45) is 2.79. The Hall–Kier alpha value is -2.73. The van der Waals surface area contributed by atoms with Crippen LogP contribution in [0.2, 0.25) is 5.02 Å². The highest BCUT2D eigenvalue weighted by Crippen LogP contribution is 2.25. The Morgan fingerprint density at radius 2 is 1.96 bits per heavy atom. The van der Waals surface area contributed by atoms with E-state index in [9.17, 15) is 19.3 Å². The SMILES string of the molecule is CN(Cc1ccc(F)cc1)C(=O)C=Cc1ccc(Cl)c([N+](=O)[O-])c1. The monoisotopic (exact) mass is 348 g/mol. The van der Waals surface area contributed by atoms with Gasteiger partial charge in [-0.2, -0.15) is 0 Å². The first-order valence-electron chi connectivity index (χ1n) is 6.98. The molecule has 24 heavy (non-hydrogen) atoms. The predicted molar refractivity (Wildman–Crippen MR) is 90.0 cm³/mol. The topological polar surface area (TPSA) is 63.5 Å². The van der Waals surface area contributed by atoms with E-state index in [0.29, 0.717) is 12.1 Å². The maximum Gasteiger partial charge on any atom is 0.288 e. The summed E-state index contributed by atoms with van der Waals surface area (Å²) in [4.78, 5) is 23.8. The highest BCUT2D eigenvalue weighted by molar-refractivity contribution is 6.32. The van der Waals surface area contributed by atoms with Crippen molar-refractivity contribution in [1.82, 2.24) is 4.90 Å². The number of carbonyl (C=O) groups excluding carboxylic acids is 1. The van der Waals surface area contributed by atoms with Crippen LogP contribution in [0.5, 0.6) is 0 Å². The van der Waals surface area contributed by atoms with Crippen molar-refractivity contribution in [3.05, 3.63) is 80.6 Å². The molecular weight excluding hydrogens is 335 g/mol. The maximum absolute atomic E-state index is 12.9. The first kappa shape index (κ1) is 17.6. The number of hydrogen-bond donors (Lipinski definition) is 0. The van der Waals surface area contributed by atoms with Crippen LogP contribution in [0.3, 0.4) is 0 Å². The Morgan fingerprint density at radius 1 is 1.29 bits per heavy atom. The molecule has 0 aliphatic heterocycles. The Morgan fingerprint density at radius 3 is 2.58 bits per heavy atom. The molecule has 124 valence electrons. The summed E-state index contributed by atoms with van der Waals surface area (Å²) in [6.45, 7) is 0.324. The van der Waals surface area contributed by atoms with E-state index in [-0.39, 0.29) is 22.4 Å². The molecule has 0 atom stereocenters. The zero-order valence-electron chi connectivity index (χ0n) is 12.8. The van der Waals surface area contributed by atoms with E-state index in [1.54, 1.807) is 25.2 Å². The van der Waals surface area contributed by atoms with Crippen molar-refractivity contribution < 1.29 is 14.1 Å². The second-order valence-electron chi connectivity index (χ2n) is 5.12. The number of rotatable bonds is 5. The molecule has 0 aliphatic carbocycles. The third-order valence-corrected chi connectivity index (χ3v) is 3.61. The summed E-state index contributed by atoms with van der Waals surface area (Å²) in [6, 6.07) is 10.2. The van der Waals surface area contributed by atoms with Gasteiger partial charge in [0.25, 0.3) is 5.69 Å². The van der Waals surface area contributed by atoms with Crippen LogP contribution < -0.4 is 0 Å². The molecule has 0 saturated carbocycles. The van der Waals surface area contributed by atoms with Crippen molar-refractivity contribution in [2.75, 3.05) is 7.05 Å². The lowest BCUT2D eigenvalue weighted by atomic mass is 10.2. The Kier molecular flexibility index (Phi) is 5.65. The van der Waals surface area contributed by atoms with E-state index in [2.05, 4.69) is 0 Å². The van der Waals surface area contributed by atoms with Crippen molar-refractivity contribution in [3.8, 4) is 0 Å². The quantitative estimate of drug-likeness (QED) is 0.465. The highest BCUT2D eigenvalue weighted by Gasteiger charge is 2.12. The summed E-state index contributed by atoms with van der Waals surface area (Å²) >= 11 is 5.74. The van der Waals surface area contributed by atoms with Gasteiger partial charge in [0, 0.05) is 25.7 Å². The standard InChI is InChI=1S/C17H14ClFN2O3/c1-20(11-13-2-6-14(19)7-3-13)17(22)9-5-12-4-8-15(18)16(10-12)21(23)24/h2-10H,11H2,1H3. The molecular formula is C17H14ClFN2O3. The van der Waals surface area contributed by atoms with E-state index < -0.39 is 4.92 Å². The van der Waals surface area contributed by atoms with Gasteiger partial charge in [-0.05, 0) is 35.4 Å². The molecule has 0 N–H and O–H groups in total. The van der Waals surface area contributed by atoms with E-state index >= 15 is 0 Å². The number of nitro benzene ring substituents is 1. The van der Waals surface area contributed by atoms with Crippen LogP contribution in [0.15, 0.2) is 48.5 Å². The highest BCUT2D eigenvalue weighted by atomic mass is 35.5. The van der Waals surface area contributed by atoms with Crippen molar-refractivity contribution in [2.24, 2.45) is 0 Å². The Bertz CT molecular complexity index is 791. The molecule has 0 unspecified atom stereocenters. The summed E-state index contributed by atoms with van der Waals surface area (Å²) in [5.41, 5.74) is 1.07. The fourth-order valence-electron chi connectivity index (χ4n) is 2.01. The average molecular weight is 349 g/mol. The van der Waals surface area contributed by atoms with Crippen LogP contribution in [-0.4, -0.2) is 22.8 Å². The number of benzene rings is 2. The lowest BCUT2D eigenvalue weighted by Crippen LogP contribution is -2.24. The molecule has 2 aromatic rings. The molecule has 2 rings (SSSR count). The van der Waals surface area contributed by atoms with Gasteiger partial charge in [0.15, 0.2) is 0 Å². The lowest BCUT2D eigenvalue weighted by Gasteiger charge is -2.15. The molecule has 0 bridgehead atoms. The van der Waals surface area contributed by atoms with E-state index in [4.69, 9.17) is 11.6 Å². The van der Waals surface area contributed by atoms with Crippen molar-refractivity contribution in [2.45, 2.75) is 6.54 Å². The summed E-state index contributed by atoms with van der Waals surface area (Å²) < 4.78 is 12.9. The Balaban J connectivity index is 2.05. The molecule has 0 fully saturated rings. The van der Waals surface area contributed by atoms with Crippen LogP contribution >= 0.6 is 11.6 Å². The largest absolute Gasteiger partial charge is 0.338 e. The van der Waals surface area contributed by atoms with Gasteiger partial charge in [0.1, 0.15) is 10.8 Å². The number of hydrogen-bond acceptors (Lipinski definition) is 3. The predicted octanol–water partition coefficient (Wildman–Crippen LogP) is 4.06. The number of amides is 1. The van der Waals surface area contributed by atoms with Crippen LogP contribution in [0.4, 0.5) is 10.1 Å². The molecule has 0 radical (unpaired) electrons. The normalized spacial score (nSPS) is 10.8. The number of nitro groups is 1. The van der Waals surface area contributed by atoms with E-state index in [1.165, 1.54) is 41.3 Å². The minimum Gasteiger partial charge on any atom is -0.338 e. The summed E-state index contributed by atoms with van der Waals surface area (Å²) in [5.74, 6) is -0.617. The number of nitrogens with zero attached hydrogens (tertiary/aromatic N) is 2. The van der Waals surface area contributed by atoms with Gasteiger partial charge in [0.05, 0.1) is 4.92 Å². The van der Waals surface area contributed by atoms with Gasteiger partial charge in [-0.3, -0.25) is 14.9 Å². The molecule has 0 aliphatic rings. The minimum atomic E-state index is -0.581. The van der Waals surface area contributed by atoms with Gasteiger partial charge >= 0.3 is 0 Å².